The third kappa shape index (κ3) is 4.34. The average Bonchev–Trinajstić information content (AvgIpc) is 2.62. The molecule has 0 bridgehead atoms. The van der Waals surface area contributed by atoms with Crippen LogP contribution in [0.1, 0.15) is 33.1 Å². The number of rotatable bonds is 5. The molecule has 17 heavy (non-hydrogen) atoms. The molecule has 0 aromatic carbocycles. The van der Waals surface area contributed by atoms with Crippen molar-refractivity contribution in [1.82, 2.24) is 4.90 Å². The summed E-state index contributed by atoms with van der Waals surface area (Å²) in [6.07, 6.45) is 1.28. The van der Waals surface area contributed by atoms with Crippen LogP contribution in [-0.2, 0) is 14.3 Å². The summed E-state index contributed by atoms with van der Waals surface area (Å²) in [5.74, 6) is -0.838. The van der Waals surface area contributed by atoms with Crippen molar-refractivity contribution in [2.24, 2.45) is 5.41 Å². The first kappa shape index (κ1) is 14.0. The fourth-order valence-electron chi connectivity index (χ4n) is 2.14. The molecule has 0 aliphatic carbocycles. The maximum absolute atomic E-state index is 12.0. The van der Waals surface area contributed by atoms with E-state index in [1.54, 1.807) is 12.0 Å². The third-order valence-electron chi connectivity index (χ3n) is 3.09. The van der Waals surface area contributed by atoms with E-state index in [1.165, 1.54) is 0 Å². The first-order valence-electron chi connectivity index (χ1n) is 5.86. The highest BCUT2D eigenvalue weighted by Crippen LogP contribution is 2.27. The number of carboxylic acids is 1. The minimum atomic E-state index is -0.862. The molecule has 1 fully saturated rings. The van der Waals surface area contributed by atoms with E-state index < -0.39 is 11.4 Å². The van der Waals surface area contributed by atoms with E-state index in [0.29, 0.717) is 13.1 Å². The Morgan fingerprint density at radius 3 is 2.53 bits per heavy atom. The Labute approximate surface area is 102 Å². The summed E-state index contributed by atoms with van der Waals surface area (Å²) < 4.78 is 5.20. The summed E-state index contributed by atoms with van der Waals surface area (Å²) in [5, 5.41) is 8.76. The number of carbonyl (C=O) groups excluding carboxylic acids is 1. The number of hydrogen-bond acceptors (Lipinski definition) is 3. The second-order valence-electron chi connectivity index (χ2n) is 5.40. The fourth-order valence-corrected chi connectivity index (χ4v) is 2.14. The van der Waals surface area contributed by atoms with E-state index in [1.807, 2.05) is 13.8 Å². The zero-order valence-corrected chi connectivity index (χ0v) is 10.7. The number of hydrogen-bond donors (Lipinski definition) is 1. The predicted molar refractivity (Wildman–Crippen MR) is 62.6 cm³/mol. The van der Waals surface area contributed by atoms with Crippen molar-refractivity contribution < 1.29 is 19.4 Å². The Hall–Kier alpha value is -1.10. The van der Waals surface area contributed by atoms with E-state index >= 15 is 0 Å². The van der Waals surface area contributed by atoms with Crippen molar-refractivity contribution in [2.45, 2.75) is 39.2 Å². The minimum Gasteiger partial charge on any atom is -0.481 e. The Bertz CT molecular complexity index is 301. The van der Waals surface area contributed by atoms with Gasteiger partial charge in [0.05, 0.1) is 12.5 Å². The van der Waals surface area contributed by atoms with Crippen LogP contribution >= 0.6 is 0 Å². The first-order valence-corrected chi connectivity index (χ1v) is 5.86. The summed E-state index contributed by atoms with van der Waals surface area (Å²) in [7, 11) is 1.65. The summed E-state index contributed by atoms with van der Waals surface area (Å²) >= 11 is 0. The number of ether oxygens (including phenoxy) is 1. The molecule has 1 atom stereocenters. The number of aliphatic carboxylic acids is 1. The molecule has 1 heterocycles. The highest BCUT2D eigenvalue weighted by atomic mass is 16.5. The van der Waals surface area contributed by atoms with Crippen molar-refractivity contribution in [1.29, 1.82) is 0 Å². The van der Waals surface area contributed by atoms with Crippen molar-refractivity contribution in [3.63, 3.8) is 0 Å². The van der Waals surface area contributed by atoms with Gasteiger partial charge in [0.2, 0.25) is 5.91 Å². The number of carboxylic acid groups (broad SMARTS) is 1. The Morgan fingerprint density at radius 2 is 2.06 bits per heavy atom. The molecule has 0 aromatic heterocycles. The Balaban J connectivity index is 2.46. The highest BCUT2D eigenvalue weighted by molar-refractivity contribution is 5.78. The molecular weight excluding hydrogens is 222 g/mol. The van der Waals surface area contributed by atoms with E-state index in [9.17, 15) is 9.59 Å². The van der Waals surface area contributed by atoms with Gasteiger partial charge in [-0.05, 0) is 11.8 Å². The van der Waals surface area contributed by atoms with Gasteiger partial charge >= 0.3 is 5.97 Å². The van der Waals surface area contributed by atoms with Crippen molar-refractivity contribution in [3.05, 3.63) is 0 Å². The maximum Gasteiger partial charge on any atom is 0.303 e. The monoisotopic (exact) mass is 243 g/mol. The fraction of sp³-hybridized carbons (Fsp3) is 0.833. The highest BCUT2D eigenvalue weighted by Gasteiger charge is 2.31. The number of methoxy groups -OCH3 is 1. The first-order chi connectivity index (χ1) is 7.84. The van der Waals surface area contributed by atoms with Crippen molar-refractivity contribution in [3.8, 4) is 0 Å². The Kier molecular flexibility index (Phi) is 4.51. The van der Waals surface area contributed by atoms with E-state index in [0.717, 1.165) is 6.42 Å². The molecule has 1 amide bonds. The molecule has 1 aliphatic rings. The molecule has 1 N–H and O–H groups in total. The smallest absolute Gasteiger partial charge is 0.303 e. The van der Waals surface area contributed by atoms with Gasteiger partial charge in [0.15, 0.2) is 0 Å². The van der Waals surface area contributed by atoms with Crippen molar-refractivity contribution in [2.75, 3.05) is 20.2 Å². The molecule has 98 valence electrons. The lowest BCUT2D eigenvalue weighted by molar-refractivity contribution is -0.140. The second kappa shape index (κ2) is 5.49. The number of nitrogens with zero attached hydrogens (tertiary/aromatic N) is 1. The lowest BCUT2D eigenvalue weighted by atomic mass is 9.85. The summed E-state index contributed by atoms with van der Waals surface area (Å²) in [6.45, 7) is 4.95. The molecule has 5 heteroatoms. The van der Waals surface area contributed by atoms with Crippen LogP contribution in [0.25, 0.3) is 0 Å². The molecule has 0 saturated carbocycles. The zero-order valence-electron chi connectivity index (χ0n) is 10.7. The van der Waals surface area contributed by atoms with Gasteiger partial charge in [0.25, 0.3) is 0 Å². The van der Waals surface area contributed by atoms with Gasteiger partial charge < -0.3 is 14.7 Å². The molecule has 1 rings (SSSR count). The average molecular weight is 243 g/mol. The van der Waals surface area contributed by atoms with Gasteiger partial charge in [-0.1, -0.05) is 13.8 Å². The third-order valence-corrected chi connectivity index (χ3v) is 3.09. The number of amides is 1. The molecule has 5 nitrogen and oxygen atoms in total. The maximum atomic E-state index is 12.0. The quantitative estimate of drug-likeness (QED) is 0.786. The lowest BCUT2D eigenvalue weighted by Crippen LogP contribution is -2.34. The van der Waals surface area contributed by atoms with Crippen LogP contribution in [0.15, 0.2) is 0 Å². The molecule has 1 aliphatic heterocycles. The number of likely N-dealkylation sites (tertiary alicyclic amines) is 1. The molecular formula is C12H21NO4. The van der Waals surface area contributed by atoms with E-state index in [4.69, 9.17) is 9.84 Å². The van der Waals surface area contributed by atoms with Crippen LogP contribution in [0.2, 0.25) is 0 Å². The molecule has 0 aromatic rings. The molecule has 0 radical (unpaired) electrons. The lowest BCUT2D eigenvalue weighted by Gasteiger charge is -2.25. The van der Waals surface area contributed by atoms with Gasteiger partial charge in [-0.3, -0.25) is 9.59 Å². The van der Waals surface area contributed by atoms with Crippen LogP contribution in [0.5, 0.6) is 0 Å². The van der Waals surface area contributed by atoms with E-state index in [2.05, 4.69) is 0 Å². The molecule has 1 saturated heterocycles. The van der Waals surface area contributed by atoms with Crippen molar-refractivity contribution >= 4 is 11.9 Å². The van der Waals surface area contributed by atoms with Crippen LogP contribution < -0.4 is 0 Å². The summed E-state index contributed by atoms with van der Waals surface area (Å²) in [4.78, 5) is 24.4. The second-order valence-corrected chi connectivity index (χ2v) is 5.40. The number of carbonyl (C=O) groups is 2. The van der Waals surface area contributed by atoms with Gasteiger partial charge in [-0.2, -0.15) is 0 Å². The van der Waals surface area contributed by atoms with Gasteiger partial charge in [0, 0.05) is 26.6 Å². The summed E-state index contributed by atoms with van der Waals surface area (Å²) in [5.41, 5.74) is -0.492. The van der Waals surface area contributed by atoms with E-state index in [-0.39, 0.29) is 24.9 Å². The standard InChI is InChI=1S/C12H21NO4/c1-12(2,7-11(15)16)6-10(14)13-5-4-9(8-13)17-3/h9H,4-8H2,1-3H3,(H,15,16). The topological polar surface area (TPSA) is 66.8 Å². The van der Waals surface area contributed by atoms with Crippen LogP contribution in [0.4, 0.5) is 0 Å². The minimum absolute atomic E-state index is 0.0142. The van der Waals surface area contributed by atoms with Gasteiger partial charge in [-0.15, -0.1) is 0 Å². The normalized spacial score (nSPS) is 20.6. The molecule has 0 spiro atoms. The largest absolute Gasteiger partial charge is 0.481 e. The van der Waals surface area contributed by atoms with Gasteiger partial charge in [-0.25, -0.2) is 0 Å². The predicted octanol–water partition coefficient (Wildman–Crippen LogP) is 1.12. The molecule has 1 unspecified atom stereocenters. The SMILES string of the molecule is COC1CCN(C(=O)CC(C)(C)CC(=O)O)C1. The van der Waals surface area contributed by atoms with Gasteiger partial charge in [0.1, 0.15) is 0 Å². The van der Waals surface area contributed by atoms with Crippen LogP contribution in [0.3, 0.4) is 0 Å². The van der Waals surface area contributed by atoms with Crippen LogP contribution in [0, 0.1) is 5.41 Å². The Morgan fingerprint density at radius 1 is 1.41 bits per heavy atom. The zero-order chi connectivity index (χ0) is 13.1. The summed E-state index contributed by atoms with van der Waals surface area (Å²) in [6, 6.07) is 0. The van der Waals surface area contributed by atoms with Crippen LogP contribution in [-0.4, -0.2) is 48.2 Å².